The van der Waals surface area contributed by atoms with E-state index in [0.717, 1.165) is 4.88 Å². The van der Waals surface area contributed by atoms with Gasteiger partial charge in [-0.1, -0.05) is 0 Å². The molecule has 50 valence electrons. The summed E-state index contributed by atoms with van der Waals surface area (Å²) in [6.45, 7) is 4.26. The molecular formula is C7H10OS. The van der Waals surface area contributed by atoms with E-state index in [0.29, 0.717) is 0 Å². The van der Waals surface area contributed by atoms with Crippen molar-refractivity contribution in [1.29, 1.82) is 0 Å². The highest BCUT2D eigenvalue weighted by Gasteiger charge is 1.98. The Labute approximate surface area is 59.0 Å². The van der Waals surface area contributed by atoms with Crippen LogP contribution in [0.2, 0.25) is 0 Å². The second kappa shape index (κ2) is 2.50. The molecule has 1 rings (SSSR count). The molecule has 2 heteroatoms. The molecule has 0 saturated heterocycles. The topological polar surface area (TPSA) is 20.2 Å². The molecule has 0 amide bonds. The van der Waals surface area contributed by atoms with Gasteiger partial charge in [-0.15, -0.1) is 11.3 Å². The highest BCUT2D eigenvalue weighted by atomic mass is 32.1. The number of aliphatic hydroxyl groups is 1. The Hall–Kier alpha value is -0.340. The van der Waals surface area contributed by atoms with E-state index in [-0.39, 0.29) is 6.61 Å². The SMILES string of the molecule is Cc1cc(C)c(CO)s1. The largest absolute Gasteiger partial charge is 0.391 e. The average Bonchev–Trinajstić information content (AvgIpc) is 2.10. The van der Waals surface area contributed by atoms with Crippen molar-refractivity contribution >= 4 is 11.3 Å². The fraction of sp³-hybridized carbons (Fsp3) is 0.429. The number of hydrogen-bond donors (Lipinski definition) is 1. The van der Waals surface area contributed by atoms with Gasteiger partial charge in [0.2, 0.25) is 0 Å². The second-order valence-corrected chi connectivity index (χ2v) is 3.46. The van der Waals surface area contributed by atoms with Crippen LogP contribution < -0.4 is 0 Å². The van der Waals surface area contributed by atoms with Crippen molar-refractivity contribution in [2.24, 2.45) is 0 Å². The molecule has 0 saturated carbocycles. The van der Waals surface area contributed by atoms with Gasteiger partial charge < -0.3 is 5.11 Å². The quantitative estimate of drug-likeness (QED) is 0.634. The van der Waals surface area contributed by atoms with E-state index in [1.54, 1.807) is 11.3 Å². The fourth-order valence-corrected chi connectivity index (χ4v) is 1.76. The molecule has 0 aromatic carbocycles. The van der Waals surface area contributed by atoms with Gasteiger partial charge in [-0.3, -0.25) is 0 Å². The van der Waals surface area contributed by atoms with Crippen molar-refractivity contribution in [2.45, 2.75) is 20.5 Å². The summed E-state index contributed by atoms with van der Waals surface area (Å²) in [6.07, 6.45) is 0. The summed E-state index contributed by atoms with van der Waals surface area (Å²) in [5.74, 6) is 0. The summed E-state index contributed by atoms with van der Waals surface area (Å²) in [5.41, 5.74) is 1.21. The second-order valence-electron chi connectivity index (χ2n) is 2.12. The molecule has 1 aromatic heterocycles. The molecule has 0 bridgehead atoms. The van der Waals surface area contributed by atoms with Gasteiger partial charge in [0, 0.05) is 9.75 Å². The summed E-state index contributed by atoms with van der Waals surface area (Å²) < 4.78 is 0. The van der Waals surface area contributed by atoms with E-state index < -0.39 is 0 Å². The number of hydrogen-bond acceptors (Lipinski definition) is 2. The van der Waals surface area contributed by atoms with Crippen LogP contribution in [-0.2, 0) is 6.61 Å². The number of aliphatic hydroxyl groups excluding tert-OH is 1. The lowest BCUT2D eigenvalue weighted by Gasteiger charge is -1.87. The first kappa shape index (κ1) is 6.78. The van der Waals surface area contributed by atoms with Gasteiger partial charge in [0.1, 0.15) is 0 Å². The number of thiophene rings is 1. The van der Waals surface area contributed by atoms with Crippen molar-refractivity contribution < 1.29 is 5.11 Å². The first-order valence-corrected chi connectivity index (χ1v) is 3.72. The predicted octanol–water partition coefficient (Wildman–Crippen LogP) is 1.86. The van der Waals surface area contributed by atoms with Gasteiger partial charge in [-0.05, 0) is 25.5 Å². The zero-order chi connectivity index (χ0) is 6.85. The minimum atomic E-state index is 0.185. The summed E-state index contributed by atoms with van der Waals surface area (Å²) in [4.78, 5) is 2.36. The van der Waals surface area contributed by atoms with Crippen LogP contribution in [0, 0.1) is 13.8 Å². The first-order chi connectivity index (χ1) is 4.24. The van der Waals surface area contributed by atoms with Crippen LogP contribution in [-0.4, -0.2) is 5.11 Å². The monoisotopic (exact) mass is 142 g/mol. The molecule has 1 nitrogen and oxygen atoms in total. The Morgan fingerprint density at radius 1 is 1.56 bits per heavy atom. The van der Waals surface area contributed by atoms with E-state index >= 15 is 0 Å². The maximum Gasteiger partial charge on any atom is 0.0777 e. The molecule has 0 aliphatic rings. The minimum Gasteiger partial charge on any atom is -0.391 e. The van der Waals surface area contributed by atoms with Gasteiger partial charge in [0.15, 0.2) is 0 Å². The normalized spacial score (nSPS) is 10.1. The Morgan fingerprint density at radius 3 is 2.44 bits per heavy atom. The van der Waals surface area contributed by atoms with Gasteiger partial charge in [0.05, 0.1) is 6.61 Å². The number of aryl methyl sites for hydroxylation is 2. The van der Waals surface area contributed by atoms with Crippen LogP contribution in [0.3, 0.4) is 0 Å². The Morgan fingerprint density at radius 2 is 2.22 bits per heavy atom. The molecule has 1 N–H and O–H groups in total. The average molecular weight is 142 g/mol. The highest BCUT2D eigenvalue weighted by Crippen LogP contribution is 2.19. The minimum absolute atomic E-state index is 0.185. The molecule has 0 unspecified atom stereocenters. The molecule has 0 aliphatic heterocycles. The lowest BCUT2D eigenvalue weighted by molar-refractivity contribution is 0.285. The molecule has 0 fully saturated rings. The van der Waals surface area contributed by atoms with E-state index in [4.69, 9.17) is 5.11 Å². The van der Waals surface area contributed by atoms with Crippen molar-refractivity contribution in [3.8, 4) is 0 Å². The number of rotatable bonds is 1. The Bertz CT molecular complexity index is 203. The summed E-state index contributed by atoms with van der Waals surface area (Å²) >= 11 is 1.66. The zero-order valence-electron chi connectivity index (χ0n) is 5.64. The fourth-order valence-electron chi connectivity index (χ4n) is 0.847. The summed E-state index contributed by atoms with van der Waals surface area (Å²) in [5, 5.41) is 8.74. The van der Waals surface area contributed by atoms with Crippen LogP contribution in [0.25, 0.3) is 0 Å². The third kappa shape index (κ3) is 1.32. The third-order valence-electron chi connectivity index (χ3n) is 1.29. The summed E-state index contributed by atoms with van der Waals surface area (Å²) in [6, 6.07) is 2.09. The lowest BCUT2D eigenvalue weighted by Crippen LogP contribution is -1.76. The van der Waals surface area contributed by atoms with Gasteiger partial charge in [-0.2, -0.15) is 0 Å². The predicted molar refractivity (Wildman–Crippen MR) is 39.7 cm³/mol. The molecule has 9 heavy (non-hydrogen) atoms. The zero-order valence-corrected chi connectivity index (χ0v) is 6.46. The van der Waals surface area contributed by atoms with Crippen molar-refractivity contribution in [3.05, 3.63) is 21.4 Å². The first-order valence-electron chi connectivity index (χ1n) is 2.91. The maximum atomic E-state index is 8.74. The maximum absolute atomic E-state index is 8.74. The highest BCUT2D eigenvalue weighted by molar-refractivity contribution is 7.12. The molecule has 1 aromatic rings. The van der Waals surface area contributed by atoms with E-state index in [1.807, 2.05) is 6.92 Å². The summed E-state index contributed by atoms with van der Waals surface area (Å²) in [7, 11) is 0. The van der Waals surface area contributed by atoms with Crippen LogP contribution in [0.1, 0.15) is 15.3 Å². The van der Waals surface area contributed by atoms with Gasteiger partial charge >= 0.3 is 0 Å². The standard InChI is InChI=1S/C7H10OS/c1-5-3-6(2)9-7(5)4-8/h3,8H,4H2,1-2H3. The molecule has 0 radical (unpaired) electrons. The molecule has 1 heterocycles. The molecule has 0 spiro atoms. The van der Waals surface area contributed by atoms with E-state index in [9.17, 15) is 0 Å². The van der Waals surface area contributed by atoms with Gasteiger partial charge in [-0.25, -0.2) is 0 Å². The van der Waals surface area contributed by atoms with E-state index in [2.05, 4.69) is 13.0 Å². The molecular weight excluding hydrogens is 132 g/mol. The Kier molecular flexibility index (Phi) is 1.88. The smallest absolute Gasteiger partial charge is 0.0777 e. The lowest BCUT2D eigenvalue weighted by atomic mass is 10.3. The van der Waals surface area contributed by atoms with Crippen LogP contribution in [0.4, 0.5) is 0 Å². The van der Waals surface area contributed by atoms with Crippen LogP contribution in [0.5, 0.6) is 0 Å². The molecule has 0 aliphatic carbocycles. The Balaban J connectivity index is 3.01. The van der Waals surface area contributed by atoms with Crippen LogP contribution in [0.15, 0.2) is 6.07 Å². The van der Waals surface area contributed by atoms with Crippen LogP contribution >= 0.6 is 11.3 Å². The van der Waals surface area contributed by atoms with Gasteiger partial charge in [0.25, 0.3) is 0 Å². The molecule has 0 atom stereocenters. The van der Waals surface area contributed by atoms with E-state index in [1.165, 1.54) is 10.4 Å². The van der Waals surface area contributed by atoms with Crippen molar-refractivity contribution in [1.82, 2.24) is 0 Å². The van der Waals surface area contributed by atoms with Crippen molar-refractivity contribution in [2.75, 3.05) is 0 Å². The third-order valence-corrected chi connectivity index (χ3v) is 2.42. The van der Waals surface area contributed by atoms with Crippen molar-refractivity contribution in [3.63, 3.8) is 0 Å².